The molecular formula is C16H22N2O. The first-order valence-electron chi connectivity index (χ1n) is 7.01. The quantitative estimate of drug-likeness (QED) is 0.832. The Morgan fingerprint density at radius 3 is 2.37 bits per heavy atom. The minimum atomic E-state index is 0.553. The molecule has 0 radical (unpaired) electrons. The van der Waals surface area contributed by atoms with E-state index in [4.69, 9.17) is 10.00 Å². The normalized spacial score (nSPS) is 18.2. The van der Waals surface area contributed by atoms with Crippen LogP contribution in [0.2, 0.25) is 0 Å². The molecule has 19 heavy (non-hydrogen) atoms. The summed E-state index contributed by atoms with van der Waals surface area (Å²) in [5.74, 6) is 0.619. The van der Waals surface area contributed by atoms with E-state index in [1.807, 2.05) is 12.1 Å². The van der Waals surface area contributed by atoms with E-state index in [1.165, 1.54) is 5.56 Å². The lowest BCUT2D eigenvalue weighted by molar-refractivity contribution is 0.00641. The number of rotatable bonds is 4. The van der Waals surface area contributed by atoms with Crippen LogP contribution in [0.4, 0.5) is 0 Å². The van der Waals surface area contributed by atoms with Gasteiger partial charge in [0.2, 0.25) is 0 Å². The average molecular weight is 258 g/mol. The maximum absolute atomic E-state index is 8.83. The molecule has 1 fully saturated rings. The number of nitriles is 1. The molecule has 1 aromatic carbocycles. The van der Waals surface area contributed by atoms with E-state index in [0.29, 0.717) is 12.0 Å². The van der Waals surface area contributed by atoms with E-state index >= 15 is 0 Å². The molecule has 1 heterocycles. The van der Waals surface area contributed by atoms with E-state index in [2.05, 4.69) is 36.9 Å². The van der Waals surface area contributed by atoms with Gasteiger partial charge < -0.3 is 4.74 Å². The minimum absolute atomic E-state index is 0.553. The van der Waals surface area contributed by atoms with Crippen LogP contribution in [-0.2, 0) is 11.2 Å². The molecule has 3 heteroatoms. The Morgan fingerprint density at radius 2 is 1.84 bits per heavy atom. The zero-order valence-electron chi connectivity index (χ0n) is 11.8. The average Bonchev–Trinajstić information content (AvgIpc) is 2.46. The van der Waals surface area contributed by atoms with E-state index in [1.54, 1.807) is 0 Å². The largest absolute Gasteiger partial charge is 0.379 e. The highest BCUT2D eigenvalue weighted by atomic mass is 16.5. The van der Waals surface area contributed by atoms with Gasteiger partial charge in [-0.3, -0.25) is 4.90 Å². The van der Waals surface area contributed by atoms with Gasteiger partial charge in [0, 0.05) is 19.1 Å². The Morgan fingerprint density at radius 1 is 1.21 bits per heavy atom. The van der Waals surface area contributed by atoms with Crippen molar-refractivity contribution in [3.05, 3.63) is 35.4 Å². The SMILES string of the molecule is CC(C)[C@@H](Cc1ccc(C#N)cc1)N1CCOCC1. The summed E-state index contributed by atoms with van der Waals surface area (Å²) in [5.41, 5.74) is 2.04. The Kier molecular flexibility index (Phi) is 4.95. The van der Waals surface area contributed by atoms with Gasteiger partial charge in [0.05, 0.1) is 24.8 Å². The number of morpholine rings is 1. The van der Waals surface area contributed by atoms with Crippen molar-refractivity contribution in [2.24, 2.45) is 5.92 Å². The summed E-state index contributed by atoms with van der Waals surface area (Å²) < 4.78 is 5.43. The summed E-state index contributed by atoms with van der Waals surface area (Å²) in [5, 5.41) is 8.83. The predicted molar refractivity (Wildman–Crippen MR) is 75.9 cm³/mol. The van der Waals surface area contributed by atoms with Crippen LogP contribution in [0, 0.1) is 17.2 Å². The Labute approximate surface area is 115 Å². The summed E-state index contributed by atoms with van der Waals surface area (Å²) in [6.07, 6.45) is 1.05. The third-order valence-corrected chi connectivity index (χ3v) is 3.81. The molecular weight excluding hydrogens is 236 g/mol. The molecule has 0 N–H and O–H groups in total. The molecule has 3 nitrogen and oxygen atoms in total. The predicted octanol–water partition coefficient (Wildman–Crippen LogP) is 2.46. The van der Waals surface area contributed by atoms with Crippen molar-refractivity contribution < 1.29 is 4.74 Å². The molecule has 1 aliphatic rings. The number of nitrogens with zero attached hydrogens (tertiary/aromatic N) is 2. The summed E-state index contributed by atoms with van der Waals surface area (Å²) in [4.78, 5) is 2.53. The third kappa shape index (κ3) is 3.79. The van der Waals surface area contributed by atoms with Crippen molar-refractivity contribution in [3.8, 4) is 6.07 Å². The van der Waals surface area contributed by atoms with Crippen LogP contribution in [0.25, 0.3) is 0 Å². The first kappa shape index (κ1) is 14.0. The molecule has 0 bridgehead atoms. The molecule has 1 atom stereocenters. The fourth-order valence-electron chi connectivity index (χ4n) is 2.65. The molecule has 2 rings (SSSR count). The number of ether oxygens (including phenoxy) is 1. The van der Waals surface area contributed by atoms with E-state index in [9.17, 15) is 0 Å². The maximum Gasteiger partial charge on any atom is 0.0991 e. The summed E-state index contributed by atoms with van der Waals surface area (Å²) in [6.45, 7) is 8.30. The van der Waals surface area contributed by atoms with E-state index in [-0.39, 0.29) is 0 Å². The van der Waals surface area contributed by atoms with Crippen molar-refractivity contribution in [2.45, 2.75) is 26.3 Å². The molecule has 0 unspecified atom stereocenters. The van der Waals surface area contributed by atoms with Gasteiger partial charge in [-0.15, -0.1) is 0 Å². The van der Waals surface area contributed by atoms with Crippen molar-refractivity contribution in [1.82, 2.24) is 4.90 Å². The lowest BCUT2D eigenvalue weighted by Crippen LogP contribution is -2.47. The first-order chi connectivity index (χ1) is 9.20. The van der Waals surface area contributed by atoms with Crippen LogP contribution < -0.4 is 0 Å². The Bertz CT molecular complexity index is 427. The molecule has 102 valence electrons. The van der Waals surface area contributed by atoms with Gasteiger partial charge in [-0.2, -0.15) is 5.26 Å². The topological polar surface area (TPSA) is 36.3 Å². The molecule has 1 aromatic rings. The van der Waals surface area contributed by atoms with E-state index < -0.39 is 0 Å². The summed E-state index contributed by atoms with van der Waals surface area (Å²) >= 11 is 0. The monoisotopic (exact) mass is 258 g/mol. The van der Waals surface area contributed by atoms with Gasteiger partial charge in [-0.25, -0.2) is 0 Å². The Balaban J connectivity index is 2.05. The van der Waals surface area contributed by atoms with Crippen LogP contribution >= 0.6 is 0 Å². The van der Waals surface area contributed by atoms with Crippen LogP contribution in [0.3, 0.4) is 0 Å². The van der Waals surface area contributed by atoms with Gasteiger partial charge in [0.15, 0.2) is 0 Å². The van der Waals surface area contributed by atoms with Gasteiger partial charge in [0.1, 0.15) is 0 Å². The number of benzene rings is 1. The lowest BCUT2D eigenvalue weighted by atomic mass is 9.94. The fourth-order valence-corrected chi connectivity index (χ4v) is 2.65. The van der Waals surface area contributed by atoms with Gasteiger partial charge in [-0.05, 0) is 30.0 Å². The summed E-state index contributed by atoms with van der Waals surface area (Å²) in [7, 11) is 0. The van der Waals surface area contributed by atoms with Gasteiger partial charge >= 0.3 is 0 Å². The standard InChI is InChI=1S/C16H22N2O/c1-13(2)16(18-7-9-19-10-8-18)11-14-3-5-15(12-17)6-4-14/h3-6,13,16H,7-11H2,1-2H3/t16-/m1/s1. The zero-order valence-corrected chi connectivity index (χ0v) is 11.8. The van der Waals surface area contributed by atoms with E-state index in [0.717, 1.165) is 38.3 Å². The molecule has 0 aromatic heterocycles. The second-order valence-corrected chi connectivity index (χ2v) is 5.47. The molecule has 0 aliphatic carbocycles. The number of hydrogen-bond donors (Lipinski definition) is 0. The highest BCUT2D eigenvalue weighted by Gasteiger charge is 2.23. The molecule has 0 saturated carbocycles. The van der Waals surface area contributed by atoms with Crippen LogP contribution in [0.1, 0.15) is 25.0 Å². The maximum atomic E-state index is 8.83. The lowest BCUT2D eigenvalue weighted by Gasteiger charge is -2.37. The highest BCUT2D eigenvalue weighted by Crippen LogP contribution is 2.18. The minimum Gasteiger partial charge on any atom is -0.379 e. The van der Waals surface area contributed by atoms with Crippen molar-refractivity contribution >= 4 is 0 Å². The fraction of sp³-hybridized carbons (Fsp3) is 0.562. The molecule has 0 spiro atoms. The van der Waals surface area contributed by atoms with Crippen molar-refractivity contribution in [1.29, 1.82) is 5.26 Å². The van der Waals surface area contributed by atoms with Crippen LogP contribution in [-0.4, -0.2) is 37.2 Å². The highest BCUT2D eigenvalue weighted by molar-refractivity contribution is 5.31. The smallest absolute Gasteiger partial charge is 0.0991 e. The second kappa shape index (κ2) is 6.70. The molecule has 1 saturated heterocycles. The zero-order chi connectivity index (χ0) is 13.7. The number of hydrogen-bond acceptors (Lipinski definition) is 3. The Hall–Kier alpha value is -1.37. The van der Waals surface area contributed by atoms with Crippen LogP contribution in [0.5, 0.6) is 0 Å². The van der Waals surface area contributed by atoms with Gasteiger partial charge in [-0.1, -0.05) is 26.0 Å². The third-order valence-electron chi connectivity index (χ3n) is 3.81. The van der Waals surface area contributed by atoms with Crippen molar-refractivity contribution in [2.75, 3.05) is 26.3 Å². The first-order valence-corrected chi connectivity index (χ1v) is 7.01. The molecule has 1 aliphatic heterocycles. The van der Waals surface area contributed by atoms with Gasteiger partial charge in [0.25, 0.3) is 0 Å². The van der Waals surface area contributed by atoms with Crippen molar-refractivity contribution in [3.63, 3.8) is 0 Å². The molecule has 0 amide bonds. The summed E-state index contributed by atoms with van der Waals surface area (Å²) in [6, 6.07) is 10.7. The van der Waals surface area contributed by atoms with Crippen LogP contribution in [0.15, 0.2) is 24.3 Å². The second-order valence-electron chi connectivity index (χ2n) is 5.47.